The smallest absolute Gasteiger partial charge is 0.406 e. The highest BCUT2D eigenvalue weighted by Crippen LogP contribution is 2.23. The number of thioether (sulfide) groups is 1. The van der Waals surface area contributed by atoms with E-state index in [1.807, 2.05) is 30.6 Å². The second kappa shape index (κ2) is 9.70. The van der Waals surface area contributed by atoms with Crippen LogP contribution < -0.4 is 4.74 Å². The van der Waals surface area contributed by atoms with E-state index in [1.165, 1.54) is 12.1 Å². The maximum atomic E-state index is 12.1. The number of rotatable bonds is 6. The minimum absolute atomic E-state index is 0.237. The normalized spacial score (nSPS) is 22.2. The van der Waals surface area contributed by atoms with E-state index in [9.17, 15) is 13.2 Å². The minimum atomic E-state index is -4.67. The number of alkyl halides is 3. The van der Waals surface area contributed by atoms with Crippen LogP contribution in [0.25, 0.3) is 6.08 Å². The van der Waals surface area contributed by atoms with Crippen molar-refractivity contribution in [3.63, 3.8) is 0 Å². The Balaban J connectivity index is 1.75. The minimum Gasteiger partial charge on any atom is -0.406 e. The quantitative estimate of drug-likeness (QED) is 0.670. The molecule has 7 heteroatoms. The van der Waals surface area contributed by atoms with Crippen LogP contribution >= 0.6 is 11.8 Å². The molecule has 0 spiro atoms. The summed E-state index contributed by atoms with van der Waals surface area (Å²) in [5.41, 5.74) is 0.769. The number of hydrogen-bond donors (Lipinski definition) is 0. The fourth-order valence-corrected chi connectivity index (χ4v) is 2.41. The first-order valence-electron chi connectivity index (χ1n) is 7.59. The first-order chi connectivity index (χ1) is 12.0. The molecule has 1 aliphatic heterocycles. The highest BCUT2D eigenvalue weighted by molar-refractivity contribution is 7.99. The van der Waals surface area contributed by atoms with E-state index < -0.39 is 6.36 Å². The molecule has 0 aromatic heterocycles. The topological polar surface area (TPSA) is 27.7 Å². The number of ether oxygens (including phenoxy) is 3. The Morgan fingerprint density at radius 1 is 1.04 bits per heavy atom. The third-order valence-corrected chi connectivity index (χ3v) is 4.17. The summed E-state index contributed by atoms with van der Waals surface area (Å²) < 4.78 is 51.1. The van der Waals surface area contributed by atoms with Gasteiger partial charge in [-0.2, -0.15) is 11.8 Å². The Kier molecular flexibility index (Phi) is 7.61. The van der Waals surface area contributed by atoms with E-state index in [-0.39, 0.29) is 12.0 Å². The van der Waals surface area contributed by atoms with Crippen molar-refractivity contribution in [1.82, 2.24) is 0 Å². The maximum absolute atomic E-state index is 12.1. The Hall–Kier alpha value is -1.70. The van der Waals surface area contributed by atoms with Gasteiger partial charge in [-0.15, -0.1) is 13.2 Å². The summed E-state index contributed by atoms with van der Waals surface area (Å²) in [4.78, 5) is 0. The molecule has 0 N–H and O–H groups in total. The number of allylic oxidation sites excluding steroid dienone is 4. The van der Waals surface area contributed by atoms with Gasteiger partial charge in [0.05, 0.1) is 18.5 Å². The van der Waals surface area contributed by atoms with Crippen LogP contribution in [-0.4, -0.2) is 37.4 Å². The van der Waals surface area contributed by atoms with Gasteiger partial charge in [-0.05, 0) is 30.0 Å². The molecule has 0 amide bonds. The van der Waals surface area contributed by atoms with Crippen LogP contribution in [0.5, 0.6) is 5.75 Å². The molecule has 0 saturated carbocycles. The average molecular weight is 372 g/mol. The van der Waals surface area contributed by atoms with Crippen molar-refractivity contribution in [1.29, 1.82) is 0 Å². The highest BCUT2D eigenvalue weighted by Gasteiger charge is 2.30. The lowest BCUT2D eigenvalue weighted by atomic mass is 10.2. The van der Waals surface area contributed by atoms with Crippen molar-refractivity contribution in [2.24, 2.45) is 0 Å². The van der Waals surface area contributed by atoms with Crippen LogP contribution in [-0.2, 0) is 9.47 Å². The fourth-order valence-electron chi connectivity index (χ4n) is 1.98. The molecule has 0 bridgehead atoms. The van der Waals surface area contributed by atoms with Gasteiger partial charge < -0.3 is 14.2 Å². The molecule has 2 rings (SSSR count). The van der Waals surface area contributed by atoms with Gasteiger partial charge in [-0.3, -0.25) is 0 Å². The van der Waals surface area contributed by atoms with E-state index in [1.54, 1.807) is 36.0 Å². The lowest BCUT2D eigenvalue weighted by molar-refractivity contribution is -0.274. The summed E-state index contributed by atoms with van der Waals surface area (Å²) in [6, 6.07) is 5.65. The zero-order valence-corrected chi connectivity index (χ0v) is 14.4. The van der Waals surface area contributed by atoms with Crippen LogP contribution in [0.4, 0.5) is 13.2 Å². The van der Waals surface area contributed by atoms with Crippen LogP contribution in [0.15, 0.2) is 54.6 Å². The second-order valence-corrected chi connectivity index (χ2v) is 6.28. The predicted octanol–water partition coefficient (Wildman–Crippen LogP) is 4.82. The molecule has 1 aliphatic rings. The zero-order chi connectivity index (χ0) is 18.1. The lowest BCUT2D eigenvalue weighted by Gasteiger charge is -2.26. The molecular weight excluding hydrogens is 353 g/mol. The Bertz CT molecular complexity index is 601. The summed E-state index contributed by atoms with van der Waals surface area (Å²) >= 11 is 1.72. The van der Waals surface area contributed by atoms with Crippen LogP contribution in [0.1, 0.15) is 5.56 Å². The third kappa shape index (κ3) is 7.81. The molecule has 0 unspecified atom stereocenters. The molecule has 0 radical (unpaired) electrons. The van der Waals surface area contributed by atoms with E-state index in [0.717, 1.165) is 5.56 Å². The monoisotopic (exact) mass is 372 g/mol. The molecule has 136 valence electrons. The molecule has 3 nitrogen and oxygen atoms in total. The van der Waals surface area contributed by atoms with Gasteiger partial charge in [0.2, 0.25) is 0 Å². The first kappa shape index (κ1) is 19.6. The highest BCUT2D eigenvalue weighted by atomic mass is 32.2. The summed E-state index contributed by atoms with van der Waals surface area (Å²) in [5.74, 6) is -0.237. The van der Waals surface area contributed by atoms with E-state index in [0.29, 0.717) is 18.5 Å². The van der Waals surface area contributed by atoms with E-state index in [2.05, 4.69) is 4.74 Å². The van der Waals surface area contributed by atoms with Gasteiger partial charge in [-0.1, -0.05) is 42.5 Å². The van der Waals surface area contributed by atoms with Gasteiger partial charge >= 0.3 is 6.36 Å². The average Bonchev–Trinajstić information content (AvgIpc) is 2.58. The fraction of sp³-hybridized carbons (Fsp3) is 0.333. The SMILES string of the molecule is CSC1COC(C=CC=CC=Cc2ccc(OC(F)(F)F)cc2)OC1. The molecular formula is C18H19F3O3S. The van der Waals surface area contributed by atoms with Crippen LogP contribution in [0.2, 0.25) is 0 Å². The Morgan fingerprint density at radius 2 is 1.68 bits per heavy atom. The van der Waals surface area contributed by atoms with E-state index >= 15 is 0 Å². The summed E-state index contributed by atoms with van der Waals surface area (Å²) in [5, 5.41) is 0.385. The van der Waals surface area contributed by atoms with Gasteiger partial charge in [0.15, 0.2) is 6.29 Å². The number of halogens is 3. The maximum Gasteiger partial charge on any atom is 0.573 e. The second-order valence-electron chi connectivity index (χ2n) is 5.14. The van der Waals surface area contributed by atoms with Crippen molar-refractivity contribution in [3.05, 3.63) is 60.2 Å². The number of benzene rings is 1. The largest absolute Gasteiger partial charge is 0.573 e. The molecule has 0 atom stereocenters. The Labute approximate surface area is 149 Å². The number of hydrogen-bond acceptors (Lipinski definition) is 4. The van der Waals surface area contributed by atoms with Gasteiger partial charge in [0, 0.05) is 0 Å². The predicted molar refractivity (Wildman–Crippen MR) is 93.4 cm³/mol. The molecule has 1 heterocycles. The zero-order valence-electron chi connectivity index (χ0n) is 13.6. The van der Waals surface area contributed by atoms with Crippen molar-refractivity contribution >= 4 is 17.8 Å². The van der Waals surface area contributed by atoms with Gasteiger partial charge in [0.1, 0.15) is 5.75 Å². The van der Waals surface area contributed by atoms with Crippen molar-refractivity contribution < 1.29 is 27.4 Å². The van der Waals surface area contributed by atoms with Gasteiger partial charge in [-0.25, -0.2) is 0 Å². The van der Waals surface area contributed by atoms with Crippen molar-refractivity contribution in [2.75, 3.05) is 19.5 Å². The van der Waals surface area contributed by atoms with Gasteiger partial charge in [0.25, 0.3) is 0 Å². The molecule has 0 aliphatic carbocycles. The molecule has 1 fully saturated rings. The van der Waals surface area contributed by atoms with E-state index in [4.69, 9.17) is 9.47 Å². The molecule has 1 aromatic rings. The standard InChI is InChI=1S/C18H19F3O3S/c1-25-16-12-22-17(23-13-16)7-5-3-2-4-6-14-8-10-15(11-9-14)24-18(19,20)21/h2-11,16-17H,12-13H2,1H3. The van der Waals surface area contributed by atoms with Crippen molar-refractivity contribution in [2.45, 2.75) is 17.9 Å². The third-order valence-electron chi connectivity index (χ3n) is 3.23. The Morgan fingerprint density at radius 3 is 2.28 bits per heavy atom. The van der Waals surface area contributed by atoms with Crippen molar-refractivity contribution in [3.8, 4) is 5.75 Å². The summed E-state index contributed by atoms with van der Waals surface area (Å²) in [7, 11) is 0. The molecule has 1 saturated heterocycles. The summed E-state index contributed by atoms with van der Waals surface area (Å²) in [6.45, 7) is 1.35. The first-order valence-corrected chi connectivity index (χ1v) is 8.88. The van der Waals surface area contributed by atoms with Crippen LogP contribution in [0, 0.1) is 0 Å². The molecule has 1 aromatic carbocycles. The summed E-state index contributed by atoms with van der Waals surface area (Å²) in [6.07, 6.45) is 7.88. The van der Waals surface area contributed by atoms with Crippen LogP contribution in [0.3, 0.4) is 0 Å². The molecule has 25 heavy (non-hydrogen) atoms. The lowest BCUT2D eigenvalue weighted by Crippen LogP contribution is -2.32.